The summed E-state index contributed by atoms with van der Waals surface area (Å²) in [6.45, 7) is 2.48. The SMILES string of the molecule is CCOC(=O)CCN(C(=O)COc1ccc(Cl)cc1)C1CCCCCC1. The van der Waals surface area contributed by atoms with E-state index in [4.69, 9.17) is 21.1 Å². The van der Waals surface area contributed by atoms with E-state index in [0.717, 1.165) is 25.7 Å². The number of amides is 1. The van der Waals surface area contributed by atoms with Gasteiger partial charge in [-0.3, -0.25) is 9.59 Å². The Hall–Kier alpha value is -1.75. The third kappa shape index (κ3) is 6.87. The van der Waals surface area contributed by atoms with E-state index in [1.54, 1.807) is 31.2 Å². The van der Waals surface area contributed by atoms with Crippen molar-refractivity contribution in [1.29, 1.82) is 0 Å². The van der Waals surface area contributed by atoms with Crippen LogP contribution in [0.2, 0.25) is 5.02 Å². The highest BCUT2D eigenvalue weighted by Gasteiger charge is 2.25. The largest absolute Gasteiger partial charge is 0.484 e. The predicted molar refractivity (Wildman–Crippen MR) is 101 cm³/mol. The smallest absolute Gasteiger partial charge is 0.307 e. The van der Waals surface area contributed by atoms with Crippen LogP contribution in [0.4, 0.5) is 0 Å². The number of rotatable bonds is 8. The number of halogens is 1. The third-order valence-electron chi connectivity index (χ3n) is 4.62. The van der Waals surface area contributed by atoms with Crippen LogP contribution in [-0.4, -0.2) is 42.6 Å². The van der Waals surface area contributed by atoms with Crippen LogP contribution in [0.3, 0.4) is 0 Å². The van der Waals surface area contributed by atoms with E-state index in [1.165, 1.54) is 12.8 Å². The van der Waals surface area contributed by atoms with Gasteiger partial charge in [0.15, 0.2) is 6.61 Å². The monoisotopic (exact) mass is 381 g/mol. The Morgan fingerprint density at radius 1 is 1.12 bits per heavy atom. The van der Waals surface area contributed by atoms with Gasteiger partial charge in [-0.15, -0.1) is 0 Å². The van der Waals surface area contributed by atoms with Crippen molar-refractivity contribution in [3.05, 3.63) is 29.3 Å². The molecule has 0 saturated heterocycles. The fourth-order valence-corrected chi connectivity index (χ4v) is 3.41. The maximum Gasteiger partial charge on any atom is 0.307 e. The van der Waals surface area contributed by atoms with Gasteiger partial charge in [0, 0.05) is 17.6 Å². The lowest BCUT2D eigenvalue weighted by atomic mass is 10.1. The van der Waals surface area contributed by atoms with E-state index < -0.39 is 0 Å². The van der Waals surface area contributed by atoms with Gasteiger partial charge >= 0.3 is 5.97 Å². The number of hydrogen-bond acceptors (Lipinski definition) is 4. The molecule has 0 heterocycles. The van der Waals surface area contributed by atoms with Gasteiger partial charge in [-0.2, -0.15) is 0 Å². The molecule has 0 spiro atoms. The summed E-state index contributed by atoms with van der Waals surface area (Å²) in [5.41, 5.74) is 0. The van der Waals surface area contributed by atoms with Gasteiger partial charge in [-0.05, 0) is 44.0 Å². The van der Waals surface area contributed by atoms with E-state index in [0.29, 0.717) is 23.9 Å². The number of ether oxygens (including phenoxy) is 2. The average molecular weight is 382 g/mol. The molecule has 144 valence electrons. The minimum Gasteiger partial charge on any atom is -0.484 e. The molecule has 0 radical (unpaired) electrons. The van der Waals surface area contributed by atoms with Crippen LogP contribution in [0.5, 0.6) is 5.75 Å². The lowest BCUT2D eigenvalue weighted by Crippen LogP contribution is -2.44. The Bertz CT molecular complexity index is 568. The van der Waals surface area contributed by atoms with Gasteiger partial charge in [0.1, 0.15) is 5.75 Å². The molecule has 1 aliphatic carbocycles. The number of benzene rings is 1. The first-order chi connectivity index (χ1) is 12.6. The van der Waals surface area contributed by atoms with Crippen molar-refractivity contribution in [3.63, 3.8) is 0 Å². The lowest BCUT2D eigenvalue weighted by molar-refractivity contribution is -0.145. The fourth-order valence-electron chi connectivity index (χ4n) is 3.28. The normalized spacial score (nSPS) is 15.2. The lowest BCUT2D eigenvalue weighted by Gasteiger charge is -2.31. The second-order valence-corrected chi connectivity index (χ2v) is 6.97. The molecule has 26 heavy (non-hydrogen) atoms. The maximum atomic E-state index is 12.8. The predicted octanol–water partition coefficient (Wildman–Crippen LogP) is 4.22. The zero-order valence-electron chi connectivity index (χ0n) is 15.4. The second kappa shape index (κ2) is 11.1. The number of hydrogen-bond donors (Lipinski definition) is 0. The van der Waals surface area contributed by atoms with E-state index in [1.807, 2.05) is 4.90 Å². The molecule has 5 nitrogen and oxygen atoms in total. The first kappa shape index (κ1) is 20.6. The molecule has 0 atom stereocenters. The van der Waals surface area contributed by atoms with Crippen molar-refractivity contribution < 1.29 is 19.1 Å². The molecule has 1 aromatic rings. The number of nitrogens with zero attached hydrogens (tertiary/aromatic N) is 1. The number of esters is 1. The Balaban J connectivity index is 1.96. The van der Waals surface area contributed by atoms with Crippen LogP contribution in [0, 0.1) is 0 Å². The molecule has 1 aromatic carbocycles. The Kier molecular flexibility index (Phi) is 8.75. The van der Waals surface area contributed by atoms with Gasteiger partial charge < -0.3 is 14.4 Å². The molecule has 1 amide bonds. The molecular weight excluding hydrogens is 354 g/mol. The summed E-state index contributed by atoms with van der Waals surface area (Å²) >= 11 is 5.86. The van der Waals surface area contributed by atoms with Crippen molar-refractivity contribution in [2.45, 2.75) is 57.9 Å². The number of carbonyl (C=O) groups is 2. The molecule has 6 heteroatoms. The highest BCUT2D eigenvalue weighted by Crippen LogP contribution is 2.23. The summed E-state index contributed by atoms with van der Waals surface area (Å²) in [5.74, 6) is 0.252. The fraction of sp³-hybridized carbons (Fsp3) is 0.600. The standard InChI is InChI=1S/C20H28ClNO4/c1-2-25-20(24)13-14-22(17-7-5-3-4-6-8-17)19(23)15-26-18-11-9-16(21)10-12-18/h9-12,17H,2-8,13-15H2,1H3. The van der Waals surface area contributed by atoms with Crippen LogP contribution < -0.4 is 4.74 Å². The zero-order chi connectivity index (χ0) is 18.8. The molecule has 0 aromatic heterocycles. The number of carbonyl (C=O) groups excluding carboxylic acids is 2. The summed E-state index contributed by atoms with van der Waals surface area (Å²) in [7, 11) is 0. The molecule has 1 fully saturated rings. The van der Waals surface area contributed by atoms with E-state index in [2.05, 4.69) is 0 Å². The molecule has 1 saturated carbocycles. The molecule has 0 unspecified atom stereocenters. The maximum absolute atomic E-state index is 12.8. The van der Waals surface area contributed by atoms with Gasteiger partial charge in [0.2, 0.25) is 0 Å². The third-order valence-corrected chi connectivity index (χ3v) is 4.88. The van der Waals surface area contributed by atoms with Gasteiger partial charge in [0.05, 0.1) is 13.0 Å². The zero-order valence-corrected chi connectivity index (χ0v) is 16.2. The first-order valence-electron chi connectivity index (χ1n) is 9.43. The van der Waals surface area contributed by atoms with Crippen LogP contribution in [0.1, 0.15) is 51.9 Å². The van der Waals surface area contributed by atoms with E-state index in [9.17, 15) is 9.59 Å². The second-order valence-electron chi connectivity index (χ2n) is 6.53. The van der Waals surface area contributed by atoms with Crippen molar-refractivity contribution in [1.82, 2.24) is 4.90 Å². The van der Waals surface area contributed by atoms with Crippen molar-refractivity contribution in [2.24, 2.45) is 0 Å². The van der Waals surface area contributed by atoms with Crippen LogP contribution in [0.15, 0.2) is 24.3 Å². The van der Waals surface area contributed by atoms with E-state index in [-0.39, 0.29) is 30.9 Å². The van der Waals surface area contributed by atoms with E-state index >= 15 is 0 Å². The quantitative estimate of drug-likeness (QED) is 0.499. The van der Waals surface area contributed by atoms with Crippen molar-refractivity contribution >= 4 is 23.5 Å². The Morgan fingerprint density at radius 3 is 2.38 bits per heavy atom. The van der Waals surface area contributed by atoms with Gasteiger partial charge in [-0.1, -0.05) is 37.3 Å². The van der Waals surface area contributed by atoms with Crippen molar-refractivity contribution in [3.8, 4) is 5.75 Å². The first-order valence-corrected chi connectivity index (χ1v) is 9.81. The summed E-state index contributed by atoms with van der Waals surface area (Å²) in [6.07, 6.45) is 6.83. The van der Waals surface area contributed by atoms with Crippen LogP contribution in [0.25, 0.3) is 0 Å². The Morgan fingerprint density at radius 2 is 1.77 bits per heavy atom. The van der Waals surface area contributed by atoms with Crippen LogP contribution in [-0.2, 0) is 14.3 Å². The summed E-state index contributed by atoms with van der Waals surface area (Å²) in [6, 6.07) is 7.11. The molecule has 0 bridgehead atoms. The molecule has 1 aliphatic rings. The van der Waals surface area contributed by atoms with Gasteiger partial charge in [-0.25, -0.2) is 0 Å². The summed E-state index contributed by atoms with van der Waals surface area (Å²) in [5, 5.41) is 0.623. The van der Waals surface area contributed by atoms with Crippen molar-refractivity contribution in [2.75, 3.05) is 19.8 Å². The summed E-state index contributed by atoms with van der Waals surface area (Å²) in [4.78, 5) is 26.3. The molecule has 2 rings (SSSR count). The van der Waals surface area contributed by atoms with Gasteiger partial charge in [0.25, 0.3) is 5.91 Å². The highest BCUT2D eigenvalue weighted by atomic mass is 35.5. The molecule has 0 N–H and O–H groups in total. The minimum absolute atomic E-state index is 0.0407. The highest BCUT2D eigenvalue weighted by molar-refractivity contribution is 6.30. The topological polar surface area (TPSA) is 55.8 Å². The minimum atomic E-state index is -0.266. The molecular formula is C20H28ClNO4. The Labute approximate surface area is 160 Å². The summed E-state index contributed by atoms with van der Waals surface area (Å²) < 4.78 is 10.6. The average Bonchev–Trinajstić information content (AvgIpc) is 2.91. The van der Waals surface area contributed by atoms with Crippen LogP contribution >= 0.6 is 11.6 Å². The molecule has 0 aliphatic heterocycles.